The van der Waals surface area contributed by atoms with Gasteiger partial charge in [0, 0.05) is 10.7 Å². The van der Waals surface area contributed by atoms with Gasteiger partial charge in [0.05, 0.1) is 18.4 Å². The van der Waals surface area contributed by atoms with Crippen LogP contribution in [0.3, 0.4) is 0 Å². The summed E-state index contributed by atoms with van der Waals surface area (Å²) in [6, 6.07) is 12.3. The van der Waals surface area contributed by atoms with Gasteiger partial charge < -0.3 is 15.8 Å². The van der Waals surface area contributed by atoms with Gasteiger partial charge in [-0.1, -0.05) is 11.6 Å². The minimum absolute atomic E-state index is 0.350. The van der Waals surface area contributed by atoms with Crippen LogP contribution in [0.5, 0.6) is 5.75 Å². The standard InChI is InChI=1S/C14H13ClN2O2/c1-19-11-5-3-10(4-6-11)17-13-7-2-9(15)8-12(13)14(16)18/h2-8,17H,1H3,(H2,16,18). The number of methoxy groups -OCH3 is 1. The van der Waals surface area contributed by atoms with Gasteiger partial charge in [0.25, 0.3) is 5.91 Å². The number of anilines is 2. The lowest BCUT2D eigenvalue weighted by Gasteiger charge is -2.11. The monoisotopic (exact) mass is 276 g/mol. The van der Waals surface area contributed by atoms with Crippen molar-refractivity contribution in [2.24, 2.45) is 5.73 Å². The van der Waals surface area contributed by atoms with E-state index in [4.69, 9.17) is 22.1 Å². The Morgan fingerprint density at radius 1 is 1.21 bits per heavy atom. The Kier molecular flexibility index (Phi) is 3.92. The van der Waals surface area contributed by atoms with E-state index in [-0.39, 0.29) is 0 Å². The van der Waals surface area contributed by atoms with Crippen molar-refractivity contribution in [3.05, 3.63) is 53.1 Å². The highest BCUT2D eigenvalue weighted by molar-refractivity contribution is 6.31. The maximum absolute atomic E-state index is 11.4. The number of carbonyl (C=O) groups excluding carboxylic acids is 1. The molecule has 0 spiro atoms. The number of nitrogens with one attached hydrogen (secondary N) is 1. The SMILES string of the molecule is COc1ccc(Nc2ccc(Cl)cc2C(N)=O)cc1. The molecule has 0 saturated carbocycles. The average Bonchev–Trinajstić information content (AvgIpc) is 2.41. The van der Waals surface area contributed by atoms with Gasteiger partial charge >= 0.3 is 0 Å². The lowest BCUT2D eigenvalue weighted by molar-refractivity contribution is 0.100. The molecule has 2 aromatic carbocycles. The molecular formula is C14H13ClN2O2. The van der Waals surface area contributed by atoms with Gasteiger partial charge in [-0.05, 0) is 42.5 Å². The molecule has 5 heteroatoms. The molecule has 0 unspecified atom stereocenters. The van der Waals surface area contributed by atoms with Gasteiger partial charge in [0.2, 0.25) is 0 Å². The topological polar surface area (TPSA) is 64.3 Å². The van der Waals surface area contributed by atoms with Crippen molar-refractivity contribution in [1.29, 1.82) is 0 Å². The second-order valence-electron chi connectivity index (χ2n) is 3.91. The first kappa shape index (κ1) is 13.2. The van der Waals surface area contributed by atoms with Gasteiger partial charge in [-0.15, -0.1) is 0 Å². The number of hydrogen-bond acceptors (Lipinski definition) is 3. The summed E-state index contributed by atoms with van der Waals surface area (Å²) in [6.07, 6.45) is 0. The van der Waals surface area contributed by atoms with Crippen molar-refractivity contribution in [3.8, 4) is 5.75 Å². The number of carbonyl (C=O) groups is 1. The van der Waals surface area contributed by atoms with Crippen molar-refractivity contribution in [3.63, 3.8) is 0 Å². The molecule has 2 rings (SSSR count). The first-order valence-electron chi connectivity index (χ1n) is 5.60. The zero-order valence-corrected chi connectivity index (χ0v) is 11.1. The molecule has 0 aromatic heterocycles. The summed E-state index contributed by atoms with van der Waals surface area (Å²) in [7, 11) is 1.60. The van der Waals surface area contributed by atoms with Gasteiger partial charge in [-0.2, -0.15) is 0 Å². The molecular weight excluding hydrogens is 264 g/mol. The van der Waals surface area contributed by atoms with Crippen molar-refractivity contribution in [2.75, 3.05) is 12.4 Å². The van der Waals surface area contributed by atoms with E-state index in [1.54, 1.807) is 19.2 Å². The van der Waals surface area contributed by atoms with E-state index in [0.29, 0.717) is 16.3 Å². The molecule has 2 aromatic rings. The summed E-state index contributed by atoms with van der Waals surface area (Å²) in [5.74, 6) is 0.232. The van der Waals surface area contributed by atoms with Crippen LogP contribution < -0.4 is 15.8 Å². The van der Waals surface area contributed by atoms with E-state index in [2.05, 4.69) is 5.32 Å². The smallest absolute Gasteiger partial charge is 0.250 e. The minimum Gasteiger partial charge on any atom is -0.497 e. The number of hydrogen-bond donors (Lipinski definition) is 2. The maximum Gasteiger partial charge on any atom is 0.250 e. The second-order valence-corrected chi connectivity index (χ2v) is 4.34. The lowest BCUT2D eigenvalue weighted by Crippen LogP contribution is -2.13. The number of nitrogens with two attached hydrogens (primary N) is 1. The number of rotatable bonds is 4. The first-order chi connectivity index (χ1) is 9.10. The number of amides is 1. The van der Waals surface area contributed by atoms with Crippen LogP contribution in [0.1, 0.15) is 10.4 Å². The van der Waals surface area contributed by atoms with Crippen molar-refractivity contribution < 1.29 is 9.53 Å². The maximum atomic E-state index is 11.4. The molecule has 0 bridgehead atoms. The highest BCUT2D eigenvalue weighted by Gasteiger charge is 2.09. The Bertz CT molecular complexity index is 597. The zero-order valence-electron chi connectivity index (χ0n) is 10.3. The second kappa shape index (κ2) is 5.63. The van der Waals surface area contributed by atoms with Crippen LogP contribution in [0, 0.1) is 0 Å². The predicted octanol–water partition coefficient (Wildman–Crippen LogP) is 3.19. The van der Waals surface area contributed by atoms with Crippen molar-refractivity contribution in [1.82, 2.24) is 0 Å². The number of halogens is 1. The third kappa shape index (κ3) is 3.17. The predicted molar refractivity (Wildman–Crippen MR) is 76.2 cm³/mol. The van der Waals surface area contributed by atoms with Crippen LogP contribution in [-0.2, 0) is 0 Å². The van der Waals surface area contributed by atoms with Gasteiger partial charge in [-0.25, -0.2) is 0 Å². The largest absolute Gasteiger partial charge is 0.497 e. The highest BCUT2D eigenvalue weighted by atomic mass is 35.5. The van der Waals surface area contributed by atoms with E-state index in [9.17, 15) is 4.79 Å². The molecule has 0 fully saturated rings. The third-order valence-electron chi connectivity index (χ3n) is 2.62. The summed E-state index contributed by atoms with van der Waals surface area (Å²) in [6.45, 7) is 0. The lowest BCUT2D eigenvalue weighted by atomic mass is 10.1. The molecule has 0 heterocycles. The first-order valence-corrected chi connectivity index (χ1v) is 5.98. The summed E-state index contributed by atoms with van der Waals surface area (Å²) in [5, 5.41) is 3.58. The summed E-state index contributed by atoms with van der Waals surface area (Å²) in [4.78, 5) is 11.4. The van der Waals surface area contributed by atoms with Crippen LogP contribution in [0.25, 0.3) is 0 Å². The third-order valence-corrected chi connectivity index (χ3v) is 2.85. The summed E-state index contributed by atoms with van der Waals surface area (Å²) in [5.41, 5.74) is 7.11. The van der Waals surface area contributed by atoms with E-state index in [0.717, 1.165) is 11.4 Å². The van der Waals surface area contributed by atoms with E-state index >= 15 is 0 Å². The Labute approximate surface area is 116 Å². The number of ether oxygens (including phenoxy) is 1. The molecule has 0 saturated heterocycles. The molecule has 0 aliphatic carbocycles. The van der Waals surface area contributed by atoms with Gasteiger partial charge in [-0.3, -0.25) is 4.79 Å². The number of primary amides is 1. The molecule has 3 N–H and O–H groups in total. The van der Waals surface area contributed by atoms with Crippen molar-refractivity contribution in [2.45, 2.75) is 0 Å². The van der Waals surface area contributed by atoms with Crippen LogP contribution in [0.15, 0.2) is 42.5 Å². The molecule has 4 nitrogen and oxygen atoms in total. The number of benzene rings is 2. The molecule has 0 radical (unpaired) electrons. The van der Waals surface area contributed by atoms with Gasteiger partial charge in [0.15, 0.2) is 0 Å². The molecule has 1 amide bonds. The highest BCUT2D eigenvalue weighted by Crippen LogP contribution is 2.25. The molecule has 0 aliphatic heterocycles. The Hall–Kier alpha value is -2.20. The van der Waals surface area contributed by atoms with Crippen LogP contribution >= 0.6 is 11.6 Å². The van der Waals surface area contributed by atoms with Crippen molar-refractivity contribution >= 4 is 28.9 Å². The van der Waals surface area contributed by atoms with Crippen LogP contribution in [0.2, 0.25) is 5.02 Å². The Morgan fingerprint density at radius 2 is 1.89 bits per heavy atom. The molecule has 0 atom stereocenters. The average molecular weight is 277 g/mol. The van der Waals surface area contributed by atoms with E-state index in [1.165, 1.54) is 6.07 Å². The fourth-order valence-corrected chi connectivity index (χ4v) is 1.83. The zero-order chi connectivity index (χ0) is 13.8. The summed E-state index contributed by atoms with van der Waals surface area (Å²) >= 11 is 5.85. The minimum atomic E-state index is -0.529. The van der Waals surface area contributed by atoms with Crippen LogP contribution in [0.4, 0.5) is 11.4 Å². The summed E-state index contributed by atoms with van der Waals surface area (Å²) < 4.78 is 5.08. The molecule has 0 aliphatic rings. The van der Waals surface area contributed by atoms with Crippen LogP contribution in [-0.4, -0.2) is 13.0 Å². The fraction of sp³-hybridized carbons (Fsp3) is 0.0714. The van der Waals surface area contributed by atoms with Gasteiger partial charge in [0.1, 0.15) is 5.75 Å². The molecule has 19 heavy (non-hydrogen) atoms. The van der Waals surface area contributed by atoms with E-state index in [1.807, 2.05) is 24.3 Å². The fourth-order valence-electron chi connectivity index (χ4n) is 1.66. The normalized spacial score (nSPS) is 10.0. The van der Waals surface area contributed by atoms with E-state index < -0.39 is 5.91 Å². The Balaban J connectivity index is 2.29. The Morgan fingerprint density at radius 3 is 2.47 bits per heavy atom. The quantitative estimate of drug-likeness (QED) is 0.901. The molecule has 98 valence electrons.